The number of rotatable bonds is 5. The number of sulfonamides is 1. The summed E-state index contributed by atoms with van der Waals surface area (Å²) in [5.74, 6) is 4.31. The number of aliphatic hydroxyl groups excluding tert-OH is 1. The molecule has 0 bridgehead atoms. The van der Waals surface area contributed by atoms with Gasteiger partial charge < -0.3 is 10.8 Å². The van der Waals surface area contributed by atoms with E-state index in [9.17, 15) is 13.2 Å². The van der Waals surface area contributed by atoms with Crippen molar-refractivity contribution in [3.63, 3.8) is 0 Å². The molecule has 21 heavy (non-hydrogen) atoms. The molecule has 0 saturated carbocycles. The zero-order valence-electron chi connectivity index (χ0n) is 11.3. The molecule has 8 heteroatoms. The van der Waals surface area contributed by atoms with Crippen LogP contribution < -0.4 is 5.73 Å². The van der Waals surface area contributed by atoms with Crippen LogP contribution in [0.2, 0.25) is 5.02 Å². The molecule has 0 radical (unpaired) electrons. The molecule has 0 atom stereocenters. The Labute approximate surface area is 128 Å². The van der Waals surface area contributed by atoms with Gasteiger partial charge in [0.25, 0.3) is 0 Å². The van der Waals surface area contributed by atoms with Crippen LogP contribution >= 0.6 is 11.6 Å². The lowest BCUT2D eigenvalue weighted by Crippen LogP contribution is -2.38. The van der Waals surface area contributed by atoms with Crippen molar-refractivity contribution in [3.05, 3.63) is 28.8 Å². The number of carbonyl (C=O) groups is 1. The van der Waals surface area contributed by atoms with Crippen LogP contribution in [-0.4, -0.2) is 43.4 Å². The molecule has 0 aliphatic heterocycles. The summed E-state index contributed by atoms with van der Waals surface area (Å²) in [6.45, 7) is 0.963. The normalized spacial score (nSPS) is 11.0. The fourth-order valence-corrected chi connectivity index (χ4v) is 3.54. The Morgan fingerprint density at radius 1 is 1.48 bits per heavy atom. The van der Waals surface area contributed by atoms with Gasteiger partial charge in [-0.1, -0.05) is 30.4 Å². The molecule has 1 aromatic rings. The van der Waals surface area contributed by atoms with Crippen molar-refractivity contribution >= 4 is 27.5 Å². The summed E-state index contributed by atoms with van der Waals surface area (Å²) in [6.07, 6.45) is 0. The van der Waals surface area contributed by atoms with Crippen molar-refractivity contribution in [3.8, 4) is 11.8 Å². The number of amides is 1. The minimum Gasteiger partial charge on any atom is -0.384 e. The molecule has 0 saturated heterocycles. The topological polar surface area (TPSA) is 101 Å². The summed E-state index contributed by atoms with van der Waals surface area (Å²) in [5, 5.41) is 8.60. The third-order valence-corrected chi connectivity index (χ3v) is 4.95. The van der Waals surface area contributed by atoms with Crippen molar-refractivity contribution < 1.29 is 18.3 Å². The van der Waals surface area contributed by atoms with Crippen LogP contribution in [0.15, 0.2) is 23.1 Å². The summed E-state index contributed by atoms with van der Waals surface area (Å²) in [7, 11) is -3.91. The molecule has 0 aliphatic carbocycles. The molecular weight excluding hydrogens is 316 g/mol. The standard InChI is InChI=1S/C13H15ClN2O4S/c1-2-16(9-13(15)18)21(19,20)12-6-5-10(4-3-7-17)8-11(12)14/h5-6,8,17H,2,7,9H2,1H3,(H2,15,18). The van der Waals surface area contributed by atoms with Gasteiger partial charge in [0.05, 0.1) is 11.6 Å². The predicted molar refractivity (Wildman–Crippen MR) is 79.0 cm³/mol. The van der Waals surface area contributed by atoms with E-state index in [1.54, 1.807) is 6.92 Å². The first kappa shape index (κ1) is 17.5. The fourth-order valence-electron chi connectivity index (χ4n) is 1.61. The molecule has 0 aromatic heterocycles. The predicted octanol–water partition coefficient (Wildman–Crippen LogP) is 0.180. The maximum Gasteiger partial charge on any atom is 0.245 e. The number of nitrogens with zero attached hydrogens (tertiary/aromatic N) is 1. The fraction of sp³-hybridized carbons (Fsp3) is 0.308. The van der Waals surface area contributed by atoms with Crippen molar-refractivity contribution in [2.24, 2.45) is 5.73 Å². The lowest BCUT2D eigenvalue weighted by Gasteiger charge is -2.19. The summed E-state index contributed by atoms with van der Waals surface area (Å²) in [6, 6.07) is 4.16. The third kappa shape index (κ3) is 4.44. The Kier molecular flexibility index (Phi) is 6.18. The molecule has 1 amide bonds. The Hall–Kier alpha value is -1.59. The SMILES string of the molecule is CCN(CC(N)=O)S(=O)(=O)c1ccc(C#CCO)cc1Cl. The quantitative estimate of drug-likeness (QED) is 0.752. The molecule has 6 nitrogen and oxygen atoms in total. The first-order chi connectivity index (χ1) is 9.82. The van der Waals surface area contributed by atoms with Crippen molar-refractivity contribution in [2.45, 2.75) is 11.8 Å². The highest BCUT2D eigenvalue weighted by molar-refractivity contribution is 7.89. The Bertz CT molecular complexity index is 692. The zero-order chi connectivity index (χ0) is 16.0. The van der Waals surface area contributed by atoms with Crippen LogP contribution in [0.3, 0.4) is 0 Å². The Balaban J connectivity index is 3.22. The van der Waals surface area contributed by atoms with Crippen LogP contribution in [0.1, 0.15) is 12.5 Å². The van der Waals surface area contributed by atoms with E-state index in [0.717, 1.165) is 4.31 Å². The van der Waals surface area contributed by atoms with Gasteiger partial charge in [0.2, 0.25) is 15.9 Å². The second kappa shape index (κ2) is 7.43. The maximum absolute atomic E-state index is 12.4. The van der Waals surface area contributed by atoms with E-state index < -0.39 is 22.5 Å². The smallest absolute Gasteiger partial charge is 0.245 e. The van der Waals surface area contributed by atoms with Crippen LogP contribution in [0.5, 0.6) is 0 Å². The average molecular weight is 331 g/mol. The largest absolute Gasteiger partial charge is 0.384 e. The average Bonchev–Trinajstić information content (AvgIpc) is 2.41. The Morgan fingerprint density at radius 2 is 2.14 bits per heavy atom. The number of benzene rings is 1. The van der Waals surface area contributed by atoms with Gasteiger partial charge in [0.1, 0.15) is 11.5 Å². The minimum absolute atomic E-state index is 0.0114. The lowest BCUT2D eigenvalue weighted by atomic mass is 10.2. The highest BCUT2D eigenvalue weighted by atomic mass is 35.5. The van der Waals surface area contributed by atoms with Gasteiger partial charge in [-0.05, 0) is 18.2 Å². The second-order valence-corrected chi connectivity index (χ2v) is 6.32. The van der Waals surface area contributed by atoms with Gasteiger partial charge in [-0.15, -0.1) is 0 Å². The van der Waals surface area contributed by atoms with Crippen LogP contribution in [0.4, 0.5) is 0 Å². The second-order valence-electron chi connectivity index (χ2n) is 4.00. The number of hydrogen-bond donors (Lipinski definition) is 2. The molecule has 0 spiro atoms. The first-order valence-electron chi connectivity index (χ1n) is 6.00. The highest BCUT2D eigenvalue weighted by Crippen LogP contribution is 2.25. The van der Waals surface area contributed by atoms with Gasteiger partial charge in [0, 0.05) is 12.1 Å². The number of primary amides is 1. The molecule has 3 N–H and O–H groups in total. The molecule has 0 fully saturated rings. The number of aliphatic hydroxyl groups is 1. The zero-order valence-corrected chi connectivity index (χ0v) is 12.9. The van der Waals surface area contributed by atoms with Crippen molar-refractivity contribution in [2.75, 3.05) is 19.7 Å². The van der Waals surface area contributed by atoms with E-state index in [1.165, 1.54) is 18.2 Å². The van der Waals surface area contributed by atoms with Gasteiger partial charge >= 0.3 is 0 Å². The van der Waals surface area contributed by atoms with E-state index in [2.05, 4.69) is 11.8 Å². The van der Waals surface area contributed by atoms with Gasteiger partial charge in [-0.25, -0.2) is 8.42 Å². The van der Waals surface area contributed by atoms with E-state index in [-0.39, 0.29) is 23.1 Å². The molecule has 114 valence electrons. The van der Waals surface area contributed by atoms with Crippen LogP contribution in [0.25, 0.3) is 0 Å². The van der Waals surface area contributed by atoms with E-state index in [4.69, 9.17) is 22.4 Å². The monoisotopic (exact) mass is 330 g/mol. The van der Waals surface area contributed by atoms with Gasteiger partial charge in [0.15, 0.2) is 0 Å². The van der Waals surface area contributed by atoms with Crippen molar-refractivity contribution in [1.29, 1.82) is 0 Å². The number of halogens is 1. The molecule has 0 unspecified atom stereocenters. The number of likely N-dealkylation sites (N-methyl/N-ethyl adjacent to an activating group) is 1. The lowest BCUT2D eigenvalue weighted by molar-refractivity contribution is -0.118. The van der Waals surface area contributed by atoms with E-state index in [1.807, 2.05) is 0 Å². The number of carbonyl (C=O) groups excluding carboxylic acids is 1. The molecular formula is C13H15ClN2O4S. The van der Waals surface area contributed by atoms with Crippen LogP contribution in [-0.2, 0) is 14.8 Å². The molecule has 0 aliphatic rings. The first-order valence-corrected chi connectivity index (χ1v) is 7.82. The highest BCUT2D eigenvalue weighted by Gasteiger charge is 2.26. The molecule has 1 rings (SSSR count). The van der Waals surface area contributed by atoms with E-state index >= 15 is 0 Å². The van der Waals surface area contributed by atoms with Gasteiger partial charge in [-0.2, -0.15) is 4.31 Å². The third-order valence-electron chi connectivity index (χ3n) is 2.55. The minimum atomic E-state index is -3.91. The van der Waals surface area contributed by atoms with Crippen LogP contribution in [0, 0.1) is 11.8 Å². The number of hydrogen-bond acceptors (Lipinski definition) is 4. The Morgan fingerprint density at radius 3 is 2.62 bits per heavy atom. The maximum atomic E-state index is 12.4. The van der Waals surface area contributed by atoms with Crippen molar-refractivity contribution in [1.82, 2.24) is 4.31 Å². The summed E-state index contributed by atoms with van der Waals surface area (Å²) < 4.78 is 25.7. The molecule has 1 aromatic carbocycles. The number of nitrogens with two attached hydrogens (primary N) is 1. The molecule has 0 heterocycles. The van der Waals surface area contributed by atoms with E-state index in [0.29, 0.717) is 5.56 Å². The van der Waals surface area contributed by atoms with Gasteiger partial charge in [-0.3, -0.25) is 4.79 Å². The summed E-state index contributed by atoms with van der Waals surface area (Å²) in [4.78, 5) is 10.8. The summed E-state index contributed by atoms with van der Waals surface area (Å²) in [5.41, 5.74) is 5.52. The summed E-state index contributed by atoms with van der Waals surface area (Å²) >= 11 is 5.98.